The van der Waals surface area contributed by atoms with Crippen LogP contribution >= 0.6 is 0 Å². The molecule has 0 heterocycles. The Kier molecular flexibility index (Phi) is 4.97. The summed E-state index contributed by atoms with van der Waals surface area (Å²) in [5.41, 5.74) is 6.11. The van der Waals surface area contributed by atoms with E-state index in [1.807, 2.05) is 12.1 Å². The molecule has 0 fully saturated rings. The molecule has 106 valence electrons. The summed E-state index contributed by atoms with van der Waals surface area (Å²) in [7, 11) is 0. The van der Waals surface area contributed by atoms with Crippen molar-refractivity contribution in [3.63, 3.8) is 0 Å². The summed E-state index contributed by atoms with van der Waals surface area (Å²) >= 11 is 0. The maximum absolute atomic E-state index is 10.4. The fourth-order valence-electron chi connectivity index (χ4n) is 2.52. The first-order valence-corrected chi connectivity index (χ1v) is 7.43. The number of hydrogen-bond donors (Lipinski definition) is 1. The molecule has 2 rings (SSSR count). The molecule has 1 N–H and O–H groups in total. The van der Waals surface area contributed by atoms with Crippen molar-refractivity contribution in [2.24, 2.45) is 0 Å². The normalized spacial score (nSPS) is 12.4. The Bertz CT molecular complexity index is 572. The van der Waals surface area contributed by atoms with Crippen LogP contribution in [0.15, 0.2) is 42.5 Å². The Labute approximate surface area is 122 Å². The van der Waals surface area contributed by atoms with Gasteiger partial charge in [0.1, 0.15) is 0 Å². The third-order valence-corrected chi connectivity index (χ3v) is 3.87. The molecule has 1 atom stereocenters. The predicted octanol–water partition coefficient (Wildman–Crippen LogP) is 4.53. The topological polar surface area (TPSA) is 20.2 Å². The van der Waals surface area contributed by atoms with Crippen LogP contribution in [0.3, 0.4) is 0 Å². The highest BCUT2D eigenvalue weighted by Gasteiger charge is 2.09. The van der Waals surface area contributed by atoms with Gasteiger partial charge in [-0.2, -0.15) is 0 Å². The van der Waals surface area contributed by atoms with Crippen molar-refractivity contribution in [3.8, 4) is 0 Å². The van der Waals surface area contributed by atoms with Crippen LogP contribution in [0.5, 0.6) is 0 Å². The van der Waals surface area contributed by atoms with Crippen molar-refractivity contribution in [2.75, 3.05) is 0 Å². The Balaban J connectivity index is 2.12. The minimum Gasteiger partial charge on any atom is -0.388 e. The van der Waals surface area contributed by atoms with Crippen LogP contribution in [-0.4, -0.2) is 5.11 Å². The first-order chi connectivity index (χ1) is 9.60. The highest BCUT2D eigenvalue weighted by Crippen LogP contribution is 2.21. The van der Waals surface area contributed by atoms with E-state index in [0.29, 0.717) is 6.42 Å². The van der Waals surface area contributed by atoms with Crippen LogP contribution < -0.4 is 0 Å². The quantitative estimate of drug-likeness (QED) is 0.844. The molecule has 0 bridgehead atoms. The second-order valence-corrected chi connectivity index (χ2v) is 5.63. The average Bonchev–Trinajstić information content (AvgIpc) is 2.43. The minimum absolute atomic E-state index is 0.422. The standard InChI is InChI=1S/C19H24O/c1-4-6-16-7-5-8-18(12-16)19(20)13-17-10-9-14(2)15(3)11-17/h5,7-12,19-20H,4,6,13H2,1-3H3. The molecule has 1 nitrogen and oxygen atoms in total. The Morgan fingerprint density at radius 2 is 1.75 bits per heavy atom. The van der Waals surface area contributed by atoms with Crippen LogP contribution in [0.25, 0.3) is 0 Å². The number of aryl methyl sites for hydroxylation is 3. The SMILES string of the molecule is CCCc1cccc(C(O)Cc2ccc(C)c(C)c2)c1. The fourth-order valence-corrected chi connectivity index (χ4v) is 2.52. The molecule has 0 aliphatic heterocycles. The second-order valence-electron chi connectivity index (χ2n) is 5.63. The first kappa shape index (κ1) is 14.8. The summed E-state index contributed by atoms with van der Waals surface area (Å²) in [6, 6.07) is 14.8. The monoisotopic (exact) mass is 268 g/mol. The molecule has 0 spiro atoms. The minimum atomic E-state index is -0.422. The highest BCUT2D eigenvalue weighted by molar-refractivity contribution is 5.32. The summed E-state index contributed by atoms with van der Waals surface area (Å²) in [5, 5.41) is 10.4. The zero-order chi connectivity index (χ0) is 14.5. The Morgan fingerprint density at radius 1 is 0.950 bits per heavy atom. The average molecular weight is 268 g/mol. The molecule has 0 aliphatic carbocycles. The molecule has 0 saturated heterocycles. The molecule has 0 amide bonds. The molecular formula is C19H24O. The van der Waals surface area contributed by atoms with E-state index >= 15 is 0 Å². The van der Waals surface area contributed by atoms with Crippen molar-refractivity contribution in [3.05, 3.63) is 70.3 Å². The molecule has 0 saturated carbocycles. The third-order valence-electron chi connectivity index (χ3n) is 3.87. The lowest BCUT2D eigenvalue weighted by Crippen LogP contribution is -2.03. The van der Waals surface area contributed by atoms with E-state index in [4.69, 9.17) is 0 Å². The van der Waals surface area contributed by atoms with Gasteiger partial charge in [-0.1, -0.05) is 55.8 Å². The molecule has 0 aliphatic rings. The number of aliphatic hydroxyl groups excluding tert-OH is 1. The number of benzene rings is 2. The van der Waals surface area contributed by atoms with Gasteiger partial charge in [-0.05, 0) is 48.1 Å². The maximum Gasteiger partial charge on any atom is 0.0830 e. The van der Waals surface area contributed by atoms with Gasteiger partial charge in [-0.25, -0.2) is 0 Å². The Morgan fingerprint density at radius 3 is 2.45 bits per heavy atom. The summed E-state index contributed by atoms with van der Waals surface area (Å²) in [6.07, 6.45) is 2.46. The van der Waals surface area contributed by atoms with Gasteiger partial charge < -0.3 is 5.11 Å². The van der Waals surface area contributed by atoms with Crippen LogP contribution in [0, 0.1) is 13.8 Å². The smallest absolute Gasteiger partial charge is 0.0830 e. The molecule has 1 unspecified atom stereocenters. The van der Waals surface area contributed by atoms with Gasteiger partial charge >= 0.3 is 0 Å². The summed E-state index contributed by atoms with van der Waals surface area (Å²) in [5.74, 6) is 0. The third kappa shape index (κ3) is 3.71. The van der Waals surface area contributed by atoms with Gasteiger partial charge in [-0.3, -0.25) is 0 Å². The van der Waals surface area contributed by atoms with E-state index in [0.717, 1.165) is 18.4 Å². The van der Waals surface area contributed by atoms with Gasteiger partial charge in [-0.15, -0.1) is 0 Å². The van der Waals surface area contributed by atoms with Crippen LogP contribution in [0.2, 0.25) is 0 Å². The van der Waals surface area contributed by atoms with Crippen LogP contribution in [-0.2, 0) is 12.8 Å². The van der Waals surface area contributed by atoms with Crippen molar-refractivity contribution in [2.45, 2.75) is 46.1 Å². The van der Waals surface area contributed by atoms with E-state index in [1.165, 1.54) is 22.3 Å². The van der Waals surface area contributed by atoms with E-state index < -0.39 is 6.10 Å². The van der Waals surface area contributed by atoms with Gasteiger partial charge in [0.25, 0.3) is 0 Å². The first-order valence-electron chi connectivity index (χ1n) is 7.43. The lowest BCUT2D eigenvalue weighted by Gasteiger charge is -2.13. The van der Waals surface area contributed by atoms with Crippen LogP contribution in [0.4, 0.5) is 0 Å². The van der Waals surface area contributed by atoms with Gasteiger partial charge in [0.15, 0.2) is 0 Å². The zero-order valence-corrected chi connectivity index (χ0v) is 12.7. The molecule has 2 aromatic rings. The summed E-state index contributed by atoms with van der Waals surface area (Å²) in [6.45, 7) is 6.41. The lowest BCUT2D eigenvalue weighted by molar-refractivity contribution is 0.178. The molecule has 1 heteroatoms. The molecule has 20 heavy (non-hydrogen) atoms. The summed E-state index contributed by atoms with van der Waals surface area (Å²) < 4.78 is 0. The van der Waals surface area contributed by atoms with Crippen molar-refractivity contribution in [1.29, 1.82) is 0 Å². The van der Waals surface area contributed by atoms with Gasteiger partial charge in [0, 0.05) is 6.42 Å². The maximum atomic E-state index is 10.4. The molecular weight excluding hydrogens is 244 g/mol. The number of hydrogen-bond acceptors (Lipinski definition) is 1. The van der Waals surface area contributed by atoms with Gasteiger partial charge in [0.05, 0.1) is 6.10 Å². The molecule has 2 aromatic carbocycles. The fraction of sp³-hybridized carbons (Fsp3) is 0.368. The van der Waals surface area contributed by atoms with Crippen molar-refractivity contribution in [1.82, 2.24) is 0 Å². The molecule has 0 radical (unpaired) electrons. The van der Waals surface area contributed by atoms with Gasteiger partial charge in [0.2, 0.25) is 0 Å². The number of aliphatic hydroxyl groups is 1. The second kappa shape index (κ2) is 6.71. The Hall–Kier alpha value is -1.60. The summed E-state index contributed by atoms with van der Waals surface area (Å²) in [4.78, 5) is 0. The van der Waals surface area contributed by atoms with E-state index in [-0.39, 0.29) is 0 Å². The number of rotatable bonds is 5. The van der Waals surface area contributed by atoms with E-state index in [2.05, 4.69) is 51.1 Å². The lowest BCUT2D eigenvalue weighted by atomic mass is 9.97. The largest absolute Gasteiger partial charge is 0.388 e. The van der Waals surface area contributed by atoms with Crippen molar-refractivity contribution < 1.29 is 5.11 Å². The highest BCUT2D eigenvalue weighted by atomic mass is 16.3. The van der Waals surface area contributed by atoms with Crippen molar-refractivity contribution >= 4 is 0 Å². The van der Waals surface area contributed by atoms with E-state index in [9.17, 15) is 5.11 Å². The zero-order valence-electron chi connectivity index (χ0n) is 12.7. The van der Waals surface area contributed by atoms with E-state index in [1.54, 1.807) is 0 Å². The van der Waals surface area contributed by atoms with Crippen LogP contribution in [0.1, 0.15) is 47.3 Å². The predicted molar refractivity (Wildman–Crippen MR) is 85.0 cm³/mol. The molecule has 0 aromatic heterocycles.